The monoisotopic (exact) mass is 310 g/mol. The first kappa shape index (κ1) is 16.0. The average molecular weight is 311 g/mol. The Morgan fingerprint density at radius 2 is 2.19 bits per heavy atom. The molecule has 0 unspecified atom stereocenters. The molecule has 6 heteroatoms. The summed E-state index contributed by atoms with van der Waals surface area (Å²) in [6.07, 6.45) is 2.52. The minimum atomic E-state index is -0.198. The lowest BCUT2D eigenvalue weighted by atomic mass is 9.93. The summed E-state index contributed by atoms with van der Waals surface area (Å²) < 4.78 is 0. The molecule has 116 valence electrons. The highest BCUT2D eigenvalue weighted by Gasteiger charge is 2.21. The maximum absolute atomic E-state index is 11.0. The Labute approximate surface area is 130 Å². The topological polar surface area (TPSA) is 71.2 Å². The van der Waals surface area contributed by atoms with Crippen LogP contribution in [0.3, 0.4) is 0 Å². The van der Waals surface area contributed by atoms with Gasteiger partial charge in [0.2, 0.25) is 5.91 Å². The Kier molecular flexibility index (Phi) is 5.82. The van der Waals surface area contributed by atoms with Gasteiger partial charge in [-0.05, 0) is 50.9 Å². The SMILES string of the molecule is CCNc1ccc(Cl)c(CN2CCC(CC(N)=O)CC2)n1. The van der Waals surface area contributed by atoms with Crippen molar-refractivity contribution >= 4 is 23.3 Å². The van der Waals surface area contributed by atoms with E-state index in [1.54, 1.807) is 0 Å². The Bertz CT molecular complexity index is 487. The first-order valence-corrected chi connectivity index (χ1v) is 7.86. The molecule has 1 amide bonds. The standard InChI is InChI=1S/C15H23ClN4O/c1-2-18-15-4-3-12(16)13(19-15)10-20-7-5-11(6-8-20)9-14(17)21/h3-4,11H,2,5-10H2,1H3,(H2,17,21)(H,18,19). The molecule has 1 fully saturated rings. The van der Waals surface area contributed by atoms with Gasteiger partial charge >= 0.3 is 0 Å². The fourth-order valence-corrected chi connectivity index (χ4v) is 2.88. The third-order valence-corrected chi connectivity index (χ3v) is 4.19. The number of hydrogen-bond acceptors (Lipinski definition) is 4. The van der Waals surface area contributed by atoms with E-state index in [1.165, 1.54) is 0 Å². The molecule has 3 N–H and O–H groups in total. The van der Waals surface area contributed by atoms with Crippen LogP contribution in [0.1, 0.15) is 31.9 Å². The molecule has 5 nitrogen and oxygen atoms in total. The number of nitrogens with two attached hydrogens (primary N) is 1. The number of carbonyl (C=O) groups is 1. The third-order valence-electron chi connectivity index (χ3n) is 3.85. The van der Waals surface area contributed by atoms with Crippen LogP contribution in [-0.2, 0) is 11.3 Å². The molecule has 2 rings (SSSR count). The summed E-state index contributed by atoms with van der Waals surface area (Å²) in [4.78, 5) is 17.9. The van der Waals surface area contributed by atoms with Gasteiger partial charge in [0.05, 0.1) is 10.7 Å². The number of aromatic nitrogens is 1. The number of carbonyl (C=O) groups excluding carboxylic acids is 1. The highest BCUT2D eigenvalue weighted by molar-refractivity contribution is 6.31. The molecule has 2 heterocycles. The van der Waals surface area contributed by atoms with Gasteiger partial charge in [0, 0.05) is 19.5 Å². The largest absolute Gasteiger partial charge is 0.370 e. The summed E-state index contributed by atoms with van der Waals surface area (Å²) in [5.74, 6) is 1.09. The lowest BCUT2D eigenvalue weighted by Gasteiger charge is -2.31. The van der Waals surface area contributed by atoms with Crippen molar-refractivity contribution in [3.8, 4) is 0 Å². The molecule has 1 aliphatic rings. The van der Waals surface area contributed by atoms with Crippen molar-refractivity contribution in [2.45, 2.75) is 32.7 Å². The van der Waals surface area contributed by atoms with Crippen LogP contribution in [0, 0.1) is 5.92 Å². The van der Waals surface area contributed by atoms with Gasteiger partial charge in [-0.3, -0.25) is 9.69 Å². The maximum Gasteiger partial charge on any atom is 0.217 e. The van der Waals surface area contributed by atoms with E-state index >= 15 is 0 Å². The van der Waals surface area contributed by atoms with E-state index in [2.05, 4.69) is 15.2 Å². The van der Waals surface area contributed by atoms with Gasteiger partial charge in [0.1, 0.15) is 5.82 Å². The lowest BCUT2D eigenvalue weighted by Crippen LogP contribution is -2.35. The zero-order chi connectivity index (χ0) is 15.2. The van der Waals surface area contributed by atoms with Crippen LogP contribution in [0.25, 0.3) is 0 Å². The summed E-state index contributed by atoms with van der Waals surface area (Å²) in [7, 11) is 0. The number of anilines is 1. The molecule has 0 aliphatic carbocycles. The molecular formula is C15H23ClN4O. The number of primary amides is 1. The van der Waals surface area contributed by atoms with Crippen LogP contribution in [-0.4, -0.2) is 35.4 Å². The average Bonchev–Trinajstić information content (AvgIpc) is 2.44. The predicted octanol–water partition coefficient (Wildman–Crippen LogP) is 2.25. The molecule has 0 spiro atoms. The number of nitrogens with one attached hydrogen (secondary N) is 1. The minimum Gasteiger partial charge on any atom is -0.370 e. The Hall–Kier alpha value is -1.33. The van der Waals surface area contributed by atoms with Gasteiger partial charge in [-0.25, -0.2) is 4.98 Å². The van der Waals surface area contributed by atoms with Gasteiger partial charge in [-0.2, -0.15) is 0 Å². The maximum atomic E-state index is 11.0. The second-order valence-electron chi connectivity index (χ2n) is 5.55. The van der Waals surface area contributed by atoms with Crippen LogP contribution < -0.4 is 11.1 Å². The molecule has 0 aromatic carbocycles. The summed E-state index contributed by atoms with van der Waals surface area (Å²) in [5, 5.41) is 3.91. The predicted molar refractivity (Wildman–Crippen MR) is 85.2 cm³/mol. The molecule has 1 aromatic heterocycles. The van der Waals surface area contributed by atoms with Crippen molar-refractivity contribution in [1.29, 1.82) is 0 Å². The normalized spacial score (nSPS) is 16.9. The van der Waals surface area contributed by atoms with E-state index in [1.807, 2.05) is 19.1 Å². The zero-order valence-corrected chi connectivity index (χ0v) is 13.2. The van der Waals surface area contributed by atoms with E-state index in [4.69, 9.17) is 17.3 Å². The van der Waals surface area contributed by atoms with E-state index in [0.29, 0.717) is 17.4 Å². The molecule has 0 bridgehead atoms. The van der Waals surface area contributed by atoms with E-state index in [0.717, 1.165) is 50.5 Å². The molecule has 1 aliphatic heterocycles. The van der Waals surface area contributed by atoms with Crippen molar-refractivity contribution in [1.82, 2.24) is 9.88 Å². The number of nitrogens with zero attached hydrogens (tertiary/aromatic N) is 2. The van der Waals surface area contributed by atoms with Gasteiger partial charge in [0.15, 0.2) is 0 Å². The zero-order valence-electron chi connectivity index (χ0n) is 12.4. The fourth-order valence-electron chi connectivity index (χ4n) is 2.72. The van der Waals surface area contributed by atoms with Gasteiger partial charge < -0.3 is 11.1 Å². The summed E-state index contributed by atoms with van der Waals surface area (Å²) in [6.45, 7) is 5.55. The van der Waals surface area contributed by atoms with Crippen LogP contribution in [0.4, 0.5) is 5.82 Å². The number of rotatable bonds is 6. The number of amides is 1. The van der Waals surface area contributed by atoms with E-state index in [-0.39, 0.29) is 5.91 Å². The fraction of sp³-hybridized carbons (Fsp3) is 0.600. The van der Waals surface area contributed by atoms with Crippen LogP contribution in [0.2, 0.25) is 5.02 Å². The van der Waals surface area contributed by atoms with Crippen molar-refractivity contribution in [3.05, 3.63) is 22.8 Å². The van der Waals surface area contributed by atoms with Gasteiger partial charge in [0.25, 0.3) is 0 Å². The van der Waals surface area contributed by atoms with E-state index in [9.17, 15) is 4.79 Å². The Morgan fingerprint density at radius 1 is 1.48 bits per heavy atom. The number of pyridine rings is 1. The van der Waals surface area contributed by atoms with Gasteiger partial charge in [-0.1, -0.05) is 11.6 Å². The number of hydrogen-bond donors (Lipinski definition) is 2. The number of likely N-dealkylation sites (tertiary alicyclic amines) is 1. The van der Waals surface area contributed by atoms with Crippen LogP contribution >= 0.6 is 11.6 Å². The molecule has 0 atom stereocenters. The quantitative estimate of drug-likeness (QED) is 0.845. The molecular weight excluding hydrogens is 288 g/mol. The van der Waals surface area contributed by atoms with E-state index < -0.39 is 0 Å². The second-order valence-corrected chi connectivity index (χ2v) is 5.95. The van der Waals surface area contributed by atoms with Crippen molar-refractivity contribution in [2.75, 3.05) is 25.0 Å². The minimum absolute atomic E-state index is 0.198. The molecule has 1 aromatic rings. The number of halogens is 1. The molecule has 21 heavy (non-hydrogen) atoms. The van der Waals surface area contributed by atoms with Crippen molar-refractivity contribution < 1.29 is 4.79 Å². The summed E-state index contributed by atoms with van der Waals surface area (Å²) in [6, 6.07) is 3.79. The summed E-state index contributed by atoms with van der Waals surface area (Å²) in [5.41, 5.74) is 6.17. The van der Waals surface area contributed by atoms with Crippen LogP contribution in [0.15, 0.2) is 12.1 Å². The Balaban J connectivity index is 1.91. The first-order chi connectivity index (χ1) is 10.1. The molecule has 0 radical (unpaired) electrons. The molecule has 0 saturated carbocycles. The van der Waals surface area contributed by atoms with Crippen molar-refractivity contribution in [2.24, 2.45) is 11.7 Å². The lowest BCUT2D eigenvalue weighted by molar-refractivity contribution is -0.119. The number of piperidine rings is 1. The third kappa shape index (κ3) is 4.86. The summed E-state index contributed by atoms with van der Waals surface area (Å²) >= 11 is 6.23. The smallest absolute Gasteiger partial charge is 0.217 e. The first-order valence-electron chi connectivity index (χ1n) is 7.48. The highest BCUT2D eigenvalue weighted by Crippen LogP contribution is 2.24. The molecule has 1 saturated heterocycles. The van der Waals surface area contributed by atoms with Gasteiger partial charge in [-0.15, -0.1) is 0 Å². The Morgan fingerprint density at radius 3 is 2.81 bits per heavy atom. The van der Waals surface area contributed by atoms with Crippen molar-refractivity contribution in [3.63, 3.8) is 0 Å². The van der Waals surface area contributed by atoms with Crippen LogP contribution in [0.5, 0.6) is 0 Å². The second kappa shape index (κ2) is 7.61. The highest BCUT2D eigenvalue weighted by atomic mass is 35.5.